The summed E-state index contributed by atoms with van der Waals surface area (Å²) in [5.41, 5.74) is 4.47. The molecule has 0 aliphatic heterocycles. The number of aryl methyl sites for hydroxylation is 1. The molecule has 1 amide bonds. The number of hydrogen-bond acceptors (Lipinski definition) is 2. The van der Waals surface area contributed by atoms with Crippen LogP contribution < -0.4 is 5.32 Å². The highest BCUT2D eigenvalue weighted by Gasteiger charge is 2.12. The molecule has 0 saturated carbocycles. The molecule has 2 aromatic carbocycles. The molecule has 3 nitrogen and oxygen atoms in total. The molecule has 0 bridgehead atoms. The molecule has 0 saturated heterocycles. The van der Waals surface area contributed by atoms with Crippen LogP contribution in [-0.4, -0.2) is 15.7 Å². The maximum atomic E-state index is 11.6. The fourth-order valence-corrected chi connectivity index (χ4v) is 2.80. The zero-order valence-corrected chi connectivity index (χ0v) is 14.6. The zero-order valence-electron chi connectivity index (χ0n) is 13.1. The van der Waals surface area contributed by atoms with Crippen molar-refractivity contribution >= 4 is 39.9 Å². The molecule has 0 unspecified atom stereocenters. The molecule has 0 aliphatic rings. The van der Waals surface area contributed by atoms with Gasteiger partial charge in [-0.25, -0.2) is 0 Å². The summed E-state index contributed by atoms with van der Waals surface area (Å²) in [5.74, 6) is -0.405. The predicted octanol–water partition coefficient (Wildman–Crippen LogP) is 4.63. The van der Waals surface area contributed by atoms with Crippen LogP contribution in [0.1, 0.15) is 11.1 Å². The number of fused-ring (bicyclic) bond motifs is 1. The summed E-state index contributed by atoms with van der Waals surface area (Å²) in [5, 5.41) is 4.82. The van der Waals surface area contributed by atoms with E-state index in [1.807, 2.05) is 18.3 Å². The van der Waals surface area contributed by atoms with E-state index in [1.54, 1.807) is 6.20 Å². The summed E-state index contributed by atoms with van der Waals surface area (Å²) in [6.45, 7) is 2.42. The van der Waals surface area contributed by atoms with E-state index in [-0.39, 0.29) is 0 Å². The Bertz CT molecular complexity index is 876. The van der Waals surface area contributed by atoms with Crippen molar-refractivity contribution in [3.05, 3.63) is 66.0 Å². The Balaban J connectivity index is 2.01. The van der Waals surface area contributed by atoms with Gasteiger partial charge in [-0.15, -0.1) is 0 Å². The molecule has 0 atom stereocenters. The predicted molar refractivity (Wildman–Crippen MR) is 99.3 cm³/mol. The van der Waals surface area contributed by atoms with Crippen LogP contribution in [-0.2, 0) is 11.3 Å². The first-order chi connectivity index (χ1) is 11.6. The first kappa shape index (κ1) is 16.7. The SMILES string of the molecule is Cc1ccc(-c2ccc(CNC(=O)C(Cl)Cl)c3cnccc23)cc1. The van der Waals surface area contributed by atoms with Crippen LogP contribution >= 0.6 is 23.2 Å². The number of carbonyl (C=O) groups excluding carboxylic acids is 1. The van der Waals surface area contributed by atoms with Crippen LogP contribution in [0.2, 0.25) is 0 Å². The van der Waals surface area contributed by atoms with Crippen molar-refractivity contribution in [1.82, 2.24) is 10.3 Å². The molecule has 3 aromatic rings. The van der Waals surface area contributed by atoms with E-state index in [9.17, 15) is 4.79 Å². The van der Waals surface area contributed by atoms with Gasteiger partial charge in [0.2, 0.25) is 0 Å². The first-order valence-corrected chi connectivity index (χ1v) is 8.42. The normalized spacial score (nSPS) is 11.0. The molecule has 0 aliphatic carbocycles. The number of carbonyl (C=O) groups is 1. The minimum absolute atomic E-state index is 0.352. The number of alkyl halides is 2. The fourth-order valence-electron chi connectivity index (χ4n) is 2.65. The van der Waals surface area contributed by atoms with Gasteiger partial charge in [-0.1, -0.05) is 65.2 Å². The summed E-state index contributed by atoms with van der Waals surface area (Å²) in [7, 11) is 0. The van der Waals surface area contributed by atoms with Crippen molar-refractivity contribution in [2.75, 3.05) is 0 Å². The lowest BCUT2D eigenvalue weighted by Crippen LogP contribution is -2.27. The van der Waals surface area contributed by atoms with E-state index in [0.29, 0.717) is 6.54 Å². The third kappa shape index (κ3) is 3.53. The lowest BCUT2D eigenvalue weighted by molar-refractivity contribution is -0.119. The molecule has 0 radical (unpaired) electrons. The molecule has 5 heteroatoms. The fraction of sp³-hybridized carbons (Fsp3) is 0.158. The van der Waals surface area contributed by atoms with Gasteiger partial charge in [-0.3, -0.25) is 9.78 Å². The minimum Gasteiger partial charge on any atom is -0.350 e. The van der Waals surface area contributed by atoms with Crippen LogP contribution in [0.25, 0.3) is 21.9 Å². The molecule has 1 aromatic heterocycles. The highest BCUT2D eigenvalue weighted by atomic mass is 35.5. The summed E-state index contributed by atoms with van der Waals surface area (Å²) >= 11 is 11.1. The van der Waals surface area contributed by atoms with Gasteiger partial charge in [0.1, 0.15) is 0 Å². The van der Waals surface area contributed by atoms with E-state index >= 15 is 0 Å². The molecule has 0 spiro atoms. The summed E-state index contributed by atoms with van der Waals surface area (Å²) < 4.78 is 0. The summed E-state index contributed by atoms with van der Waals surface area (Å²) in [4.78, 5) is 14.7. The van der Waals surface area contributed by atoms with Gasteiger partial charge in [-0.05, 0) is 35.1 Å². The van der Waals surface area contributed by atoms with Crippen molar-refractivity contribution in [2.45, 2.75) is 18.3 Å². The van der Waals surface area contributed by atoms with Gasteiger partial charge in [0, 0.05) is 24.3 Å². The first-order valence-electron chi connectivity index (χ1n) is 7.55. The third-order valence-electron chi connectivity index (χ3n) is 3.92. The maximum Gasteiger partial charge on any atom is 0.253 e. The van der Waals surface area contributed by atoms with Gasteiger partial charge < -0.3 is 5.32 Å². The number of nitrogens with zero attached hydrogens (tertiary/aromatic N) is 1. The minimum atomic E-state index is -1.07. The number of rotatable bonds is 4. The van der Waals surface area contributed by atoms with Crippen LogP contribution in [0.4, 0.5) is 0 Å². The van der Waals surface area contributed by atoms with Crippen molar-refractivity contribution in [2.24, 2.45) is 0 Å². The number of hydrogen-bond donors (Lipinski definition) is 1. The van der Waals surface area contributed by atoms with Crippen molar-refractivity contribution < 1.29 is 4.79 Å². The van der Waals surface area contributed by atoms with Crippen LogP contribution in [0.3, 0.4) is 0 Å². The summed E-state index contributed by atoms with van der Waals surface area (Å²) in [6.07, 6.45) is 3.59. The smallest absolute Gasteiger partial charge is 0.253 e. The second-order valence-corrected chi connectivity index (χ2v) is 6.67. The zero-order chi connectivity index (χ0) is 17.1. The van der Waals surface area contributed by atoms with E-state index < -0.39 is 10.7 Å². The van der Waals surface area contributed by atoms with Gasteiger partial charge in [0.25, 0.3) is 5.91 Å². The second-order valence-electron chi connectivity index (χ2n) is 5.58. The Labute approximate surface area is 150 Å². The highest BCUT2D eigenvalue weighted by Crippen LogP contribution is 2.30. The largest absolute Gasteiger partial charge is 0.350 e. The molecule has 1 N–H and O–H groups in total. The quantitative estimate of drug-likeness (QED) is 0.690. The Morgan fingerprint density at radius 1 is 1.08 bits per heavy atom. The molecular formula is C19H16Cl2N2O. The Hall–Kier alpha value is -2.10. The number of benzene rings is 2. The second kappa shape index (κ2) is 7.20. The molecule has 122 valence electrons. The van der Waals surface area contributed by atoms with Crippen LogP contribution in [0, 0.1) is 6.92 Å². The average molecular weight is 359 g/mol. The third-order valence-corrected chi connectivity index (χ3v) is 4.32. The lowest BCUT2D eigenvalue weighted by Gasteiger charge is -2.12. The topological polar surface area (TPSA) is 42.0 Å². The van der Waals surface area contributed by atoms with E-state index in [4.69, 9.17) is 23.2 Å². The summed E-state index contributed by atoms with van der Waals surface area (Å²) in [6, 6.07) is 14.5. The van der Waals surface area contributed by atoms with Gasteiger partial charge in [0.05, 0.1) is 0 Å². The van der Waals surface area contributed by atoms with Gasteiger partial charge in [0.15, 0.2) is 4.84 Å². The van der Waals surface area contributed by atoms with Crippen LogP contribution in [0.15, 0.2) is 54.9 Å². The molecule has 0 fully saturated rings. The lowest BCUT2D eigenvalue weighted by atomic mass is 9.96. The van der Waals surface area contributed by atoms with Crippen molar-refractivity contribution in [3.63, 3.8) is 0 Å². The van der Waals surface area contributed by atoms with E-state index in [0.717, 1.165) is 27.5 Å². The van der Waals surface area contributed by atoms with Crippen LogP contribution in [0.5, 0.6) is 0 Å². The Morgan fingerprint density at radius 2 is 1.83 bits per heavy atom. The number of amides is 1. The Morgan fingerprint density at radius 3 is 2.54 bits per heavy atom. The Kier molecular flexibility index (Phi) is 5.03. The van der Waals surface area contributed by atoms with E-state index in [1.165, 1.54) is 5.56 Å². The van der Waals surface area contributed by atoms with Crippen molar-refractivity contribution in [1.29, 1.82) is 0 Å². The molecule has 3 rings (SSSR count). The van der Waals surface area contributed by atoms with E-state index in [2.05, 4.69) is 47.6 Å². The molecule has 1 heterocycles. The number of halogens is 2. The number of nitrogens with one attached hydrogen (secondary N) is 1. The van der Waals surface area contributed by atoms with Gasteiger partial charge in [-0.2, -0.15) is 0 Å². The number of aromatic nitrogens is 1. The average Bonchev–Trinajstić information content (AvgIpc) is 2.60. The standard InChI is InChI=1S/C19H16Cl2N2O/c1-12-2-4-13(5-3-12)15-7-6-14(10-23-19(24)18(20)21)17-11-22-9-8-16(15)17/h2-9,11,18H,10H2,1H3,(H,23,24). The number of pyridine rings is 1. The maximum absolute atomic E-state index is 11.6. The van der Waals surface area contributed by atoms with Gasteiger partial charge >= 0.3 is 0 Å². The highest BCUT2D eigenvalue weighted by molar-refractivity contribution is 6.53. The van der Waals surface area contributed by atoms with Crippen molar-refractivity contribution in [3.8, 4) is 11.1 Å². The molecule has 24 heavy (non-hydrogen) atoms. The molecular weight excluding hydrogens is 343 g/mol. The monoisotopic (exact) mass is 358 g/mol.